The molecule has 3 N–H and O–H groups in total. The van der Waals surface area contributed by atoms with Gasteiger partial charge >= 0.3 is 6.03 Å². The molecule has 0 radical (unpaired) electrons. The maximum atomic E-state index is 11.8. The lowest BCUT2D eigenvalue weighted by molar-refractivity contribution is 0.149. The van der Waals surface area contributed by atoms with Gasteiger partial charge in [0.25, 0.3) is 0 Å². The Morgan fingerprint density at radius 2 is 2.17 bits per heavy atom. The van der Waals surface area contributed by atoms with E-state index in [0.29, 0.717) is 22.2 Å². The third-order valence-corrected chi connectivity index (χ3v) is 3.18. The van der Waals surface area contributed by atoms with Gasteiger partial charge in [0.2, 0.25) is 0 Å². The molecular formula is C16H19ClN2O4. The van der Waals surface area contributed by atoms with Crippen molar-refractivity contribution in [3.8, 4) is 5.75 Å². The minimum absolute atomic E-state index is 0.0118. The van der Waals surface area contributed by atoms with Gasteiger partial charge in [-0.05, 0) is 44.2 Å². The van der Waals surface area contributed by atoms with Crippen LogP contribution in [-0.2, 0) is 0 Å². The lowest BCUT2D eigenvalue weighted by Gasteiger charge is -2.13. The summed E-state index contributed by atoms with van der Waals surface area (Å²) in [5.41, 5.74) is 0.524. The van der Waals surface area contributed by atoms with Gasteiger partial charge in [-0.2, -0.15) is 0 Å². The number of furan rings is 1. The summed E-state index contributed by atoms with van der Waals surface area (Å²) in [7, 11) is 0. The molecule has 0 saturated heterocycles. The van der Waals surface area contributed by atoms with Crippen molar-refractivity contribution in [2.24, 2.45) is 0 Å². The number of benzene rings is 1. The van der Waals surface area contributed by atoms with Crippen LogP contribution < -0.4 is 15.4 Å². The molecule has 2 aromatic rings. The first-order valence-electron chi connectivity index (χ1n) is 7.18. The number of anilines is 1. The van der Waals surface area contributed by atoms with Gasteiger partial charge in [-0.3, -0.25) is 0 Å². The van der Waals surface area contributed by atoms with Crippen LogP contribution in [0, 0.1) is 0 Å². The number of hydrogen-bond acceptors (Lipinski definition) is 4. The Morgan fingerprint density at radius 1 is 1.39 bits per heavy atom. The predicted molar refractivity (Wildman–Crippen MR) is 87.9 cm³/mol. The highest BCUT2D eigenvalue weighted by Crippen LogP contribution is 2.28. The summed E-state index contributed by atoms with van der Waals surface area (Å²) in [5.74, 6) is 0.949. The molecule has 2 rings (SSSR count). The van der Waals surface area contributed by atoms with E-state index in [2.05, 4.69) is 10.6 Å². The number of aliphatic hydroxyl groups excluding tert-OH is 1. The quantitative estimate of drug-likeness (QED) is 0.751. The summed E-state index contributed by atoms with van der Waals surface area (Å²) in [6, 6.07) is 7.83. The van der Waals surface area contributed by atoms with Gasteiger partial charge in [0.05, 0.1) is 23.9 Å². The summed E-state index contributed by atoms with van der Waals surface area (Å²) in [6.45, 7) is 3.84. The summed E-state index contributed by atoms with van der Waals surface area (Å²) < 4.78 is 10.6. The second-order valence-electron chi connectivity index (χ2n) is 5.18. The highest BCUT2D eigenvalue weighted by Gasteiger charge is 2.12. The Balaban J connectivity index is 1.86. The van der Waals surface area contributed by atoms with Crippen LogP contribution in [0.1, 0.15) is 25.7 Å². The number of halogens is 1. The van der Waals surface area contributed by atoms with E-state index in [-0.39, 0.29) is 12.6 Å². The number of hydrogen-bond donors (Lipinski definition) is 3. The van der Waals surface area contributed by atoms with Crippen LogP contribution in [0.2, 0.25) is 5.02 Å². The first kappa shape index (κ1) is 17.2. The van der Waals surface area contributed by atoms with E-state index < -0.39 is 12.1 Å². The maximum Gasteiger partial charge on any atom is 0.319 e. The van der Waals surface area contributed by atoms with Crippen molar-refractivity contribution in [2.75, 3.05) is 11.9 Å². The van der Waals surface area contributed by atoms with Crippen LogP contribution in [0.15, 0.2) is 41.0 Å². The van der Waals surface area contributed by atoms with E-state index in [1.165, 1.54) is 6.26 Å². The molecule has 0 aliphatic heterocycles. The van der Waals surface area contributed by atoms with E-state index in [1.54, 1.807) is 30.3 Å². The number of urea groups is 1. The standard InChI is InChI=1S/C16H19ClN2O4/c1-10(2)23-14-6-5-11(8-12(14)17)19-16(21)18-9-13(20)15-4-3-7-22-15/h3-8,10,13,20H,9H2,1-2H3,(H2,18,19,21). The zero-order valence-corrected chi connectivity index (χ0v) is 13.6. The smallest absolute Gasteiger partial charge is 0.319 e. The summed E-state index contributed by atoms with van der Waals surface area (Å²) in [4.78, 5) is 11.8. The Bertz CT molecular complexity index is 644. The largest absolute Gasteiger partial charge is 0.489 e. The second-order valence-corrected chi connectivity index (χ2v) is 5.59. The molecule has 0 aliphatic carbocycles. The molecule has 23 heavy (non-hydrogen) atoms. The van der Waals surface area contributed by atoms with Crippen LogP contribution in [0.5, 0.6) is 5.75 Å². The van der Waals surface area contributed by atoms with Crippen molar-refractivity contribution in [3.05, 3.63) is 47.4 Å². The molecule has 2 amide bonds. The number of rotatable bonds is 6. The Morgan fingerprint density at radius 3 is 2.78 bits per heavy atom. The van der Waals surface area contributed by atoms with Gasteiger partial charge in [0.1, 0.15) is 17.6 Å². The first-order valence-corrected chi connectivity index (χ1v) is 7.56. The fraction of sp³-hybridized carbons (Fsp3) is 0.312. The highest BCUT2D eigenvalue weighted by molar-refractivity contribution is 6.32. The number of aliphatic hydroxyl groups is 1. The molecule has 0 aliphatic rings. The normalized spacial score (nSPS) is 12.0. The lowest BCUT2D eigenvalue weighted by Crippen LogP contribution is -2.32. The molecule has 0 spiro atoms. The fourth-order valence-corrected chi connectivity index (χ4v) is 2.10. The molecule has 1 heterocycles. The number of amides is 2. The average molecular weight is 339 g/mol. The molecule has 1 atom stereocenters. The SMILES string of the molecule is CC(C)Oc1ccc(NC(=O)NCC(O)c2ccco2)cc1Cl. The van der Waals surface area contributed by atoms with Crippen LogP contribution in [-0.4, -0.2) is 23.8 Å². The number of carbonyl (C=O) groups excluding carboxylic acids is 1. The summed E-state index contributed by atoms with van der Waals surface area (Å²) in [6.07, 6.45) is 0.570. The molecule has 0 bridgehead atoms. The highest BCUT2D eigenvalue weighted by atomic mass is 35.5. The molecule has 0 saturated carbocycles. The fourth-order valence-electron chi connectivity index (χ4n) is 1.87. The molecule has 0 fully saturated rings. The van der Waals surface area contributed by atoms with Crippen molar-refractivity contribution in [2.45, 2.75) is 26.1 Å². The topological polar surface area (TPSA) is 83.7 Å². The van der Waals surface area contributed by atoms with E-state index in [9.17, 15) is 9.90 Å². The van der Waals surface area contributed by atoms with Gasteiger partial charge in [-0.25, -0.2) is 4.79 Å². The molecule has 124 valence electrons. The minimum Gasteiger partial charge on any atom is -0.489 e. The third-order valence-electron chi connectivity index (χ3n) is 2.88. The molecule has 7 heteroatoms. The molecule has 1 unspecified atom stereocenters. The Kier molecular flexibility index (Phi) is 5.90. The molecular weight excluding hydrogens is 320 g/mol. The minimum atomic E-state index is -0.902. The van der Waals surface area contributed by atoms with Gasteiger partial charge in [-0.15, -0.1) is 0 Å². The van der Waals surface area contributed by atoms with Crippen molar-refractivity contribution >= 4 is 23.3 Å². The van der Waals surface area contributed by atoms with Crippen molar-refractivity contribution in [1.82, 2.24) is 5.32 Å². The number of ether oxygens (including phenoxy) is 1. The molecule has 6 nitrogen and oxygen atoms in total. The molecule has 1 aromatic carbocycles. The molecule has 1 aromatic heterocycles. The third kappa shape index (κ3) is 5.19. The van der Waals surface area contributed by atoms with Crippen LogP contribution in [0.4, 0.5) is 10.5 Å². The van der Waals surface area contributed by atoms with E-state index in [1.807, 2.05) is 13.8 Å². The van der Waals surface area contributed by atoms with Crippen LogP contribution in [0.25, 0.3) is 0 Å². The zero-order chi connectivity index (χ0) is 16.8. The lowest BCUT2D eigenvalue weighted by atomic mass is 10.3. The van der Waals surface area contributed by atoms with Gasteiger partial charge in [0.15, 0.2) is 0 Å². The number of carbonyl (C=O) groups is 1. The predicted octanol–water partition coefficient (Wildman–Crippen LogP) is 3.58. The van der Waals surface area contributed by atoms with Crippen LogP contribution in [0.3, 0.4) is 0 Å². The number of nitrogens with one attached hydrogen (secondary N) is 2. The average Bonchev–Trinajstić information content (AvgIpc) is 3.01. The van der Waals surface area contributed by atoms with Crippen LogP contribution >= 0.6 is 11.6 Å². The second kappa shape index (κ2) is 7.89. The summed E-state index contributed by atoms with van der Waals surface area (Å²) in [5, 5.41) is 15.4. The maximum absolute atomic E-state index is 11.8. The van der Waals surface area contributed by atoms with E-state index in [4.69, 9.17) is 20.8 Å². The Hall–Kier alpha value is -2.18. The zero-order valence-electron chi connectivity index (χ0n) is 12.9. The first-order chi connectivity index (χ1) is 11.0. The van der Waals surface area contributed by atoms with Crippen molar-refractivity contribution in [3.63, 3.8) is 0 Å². The van der Waals surface area contributed by atoms with E-state index >= 15 is 0 Å². The van der Waals surface area contributed by atoms with Crippen molar-refractivity contribution in [1.29, 1.82) is 0 Å². The van der Waals surface area contributed by atoms with Gasteiger partial charge in [-0.1, -0.05) is 11.6 Å². The van der Waals surface area contributed by atoms with Crippen molar-refractivity contribution < 1.29 is 19.1 Å². The van der Waals surface area contributed by atoms with E-state index in [0.717, 1.165) is 0 Å². The van der Waals surface area contributed by atoms with Gasteiger partial charge < -0.3 is 24.9 Å². The van der Waals surface area contributed by atoms with Gasteiger partial charge in [0, 0.05) is 5.69 Å². The summed E-state index contributed by atoms with van der Waals surface area (Å²) >= 11 is 6.10. The Labute approximate surface area is 139 Å². The monoisotopic (exact) mass is 338 g/mol.